The van der Waals surface area contributed by atoms with Crippen LogP contribution in [0.3, 0.4) is 0 Å². The standard InChI is InChI=1S/C10H14N2.C2H6/c1-5-9-10(8(3)4)11-7-12(9)6-2;1-2/h5-8H,1-2H2,3-4H3;1-2H3. The minimum absolute atomic E-state index is 0.430. The van der Waals surface area contributed by atoms with Gasteiger partial charge in [0.25, 0.3) is 0 Å². The molecule has 0 saturated heterocycles. The number of hydrogen-bond donors (Lipinski definition) is 0. The first-order valence-electron chi connectivity index (χ1n) is 5.02. The van der Waals surface area contributed by atoms with Gasteiger partial charge < -0.3 is 4.57 Å². The van der Waals surface area contributed by atoms with Crippen LogP contribution in [-0.2, 0) is 0 Å². The van der Waals surface area contributed by atoms with Gasteiger partial charge in [-0.3, -0.25) is 0 Å². The Morgan fingerprint density at radius 3 is 2.29 bits per heavy atom. The predicted octanol–water partition coefficient (Wildman–Crippen LogP) is 3.78. The van der Waals surface area contributed by atoms with E-state index in [9.17, 15) is 0 Å². The zero-order valence-electron chi connectivity index (χ0n) is 9.62. The van der Waals surface area contributed by atoms with Crippen LogP contribution in [0.1, 0.15) is 45.0 Å². The van der Waals surface area contributed by atoms with Gasteiger partial charge in [0, 0.05) is 6.20 Å². The molecular weight excluding hydrogens is 172 g/mol. The van der Waals surface area contributed by atoms with Crippen molar-refractivity contribution in [2.45, 2.75) is 33.6 Å². The van der Waals surface area contributed by atoms with Crippen LogP contribution >= 0.6 is 0 Å². The quantitative estimate of drug-likeness (QED) is 0.712. The summed E-state index contributed by atoms with van der Waals surface area (Å²) in [4.78, 5) is 4.28. The van der Waals surface area contributed by atoms with Crippen molar-refractivity contribution >= 4 is 12.3 Å². The van der Waals surface area contributed by atoms with Gasteiger partial charge in [-0.1, -0.05) is 40.9 Å². The fraction of sp³-hybridized carbons (Fsp3) is 0.417. The lowest BCUT2D eigenvalue weighted by Crippen LogP contribution is -1.93. The van der Waals surface area contributed by atoms with Gasteiger partial charge in [0.1, 0.15) is 0 Å². The molecule has 0 amide bonds. The van der Waals surface area contributed by atoms with Crippen molar-refractivity contribution in [2.75, 3.05) is 0 Å². The van der Waals surface area contributed by atoms with Gasteiger partial charge in [0.15, 0.2) is 0 Å². The SMILES string of the molecule is C=Cc1c(C(C)C)ncn1C=C.CC. The molecule has 1 aromatic rings. The van der Waals surface area contributed by atoms with Crippen LogP contribution < -0.4 is 0 Å². The van der Waals surface area contributed by atoms with E-state index in [0.29, 0.717) is 5.92 Å². The second-order valence-electron chi connectivity index (χ2n) is 2.96. The number of aromatic nitrogens is 2. The van der Waals surface area contributed by atoms with Gasteiger partial charge in [-0.25, -0.2) is 4.98 Å². The third kappa shape index (κ3) is 2.59. The number of imidazole rings is 1. The van der Waals surface area contributed by atoms with E-state index in [-0.39, 0.29) is 0 Å². The Morgan fingerprint density at radius 1 is 1.36 bits per heavy atom. The maximum Gasteiger partial charge on any atom is 0.0995 e. The van der Waals surface area contributed by atoms with Gasteiger partial charge in [-0.05, 0) is 12.0 Å². The minimum Gasteiger partial charge on any atom is -0.307 e. The van der Waals surface area contributed by atoms with Crippen LogP contribution in [0.4, 0.5) is 0 Å². The Bertz CT molecular complexity index is 295. The Balaban J connectivity index is 0.000000791. The van der Waals surface area contributed by atoms with Crippen LogP contribution in [-0.4, -0.2) is 9.55 Å². The van der Waals surface area contributed by atoms with Gasteiger partial charge in [0.2, 0.25) is 0 Å². The van der Waals surface area contributed by atoms with E-state index >= 15 is 0 Å². The molecule has 0 unspecified atom stereocenters. The van der Waals surface area contributed by atoms with E-state index in [2.05, 4.69) is 32.0 Å². The Hall–Kier alpha value is -1.31. The monoisotopic (exact) mass is 192 g/mol. The molecular formula is C12H20N2. The largest absolute Gasteiger partial charge is 0.307 e. The second-order valence-corrected chi connectivity index (χ2v) is 2.96. The summed E-state index contributed by atoms with van der Waals surface area (Å²) in [5.74, 6) is 0.430. The lowest BCUT2D eigenvalue weighted by molar-refractivity contribution is 0.829. The molecule has 14 heavy (non-hydrogen) atoms. The number of hydrogen-bond acceptors (Lipinski definition) is 1. The average Bonchev–Trinajstić information content (AvgIpc) is 2.63. The maximum absolute atomic E-state index is 4.28. The van der Waals surface area contributed by atoms with Crippen LogP contribution in [0.25, 0.3) is 12.3 Å². The molecule has 2 heteroatoms. The summed E-state index contributed by atoms with van der Waals surface area (Å²) in [6, 6.07) is 0. The third-order valence-corrected chi connectivity index (χ3v) is 1.80. The zero-order valence-corrected chi connectivity index (χ0v) is 9.62. The van der Waals surface area contributed by atoms with Crippen molar-refractivity contribution < 1.29 is 0 Å². The van der Waals surface area contributed by atoms with Crippen molar-refractivity contribution in [1.29, 1.82) is 0 Å². The maximum atomic E-state index is 4.28. The lowest BCUT2D eigenvalue weighted by atomic mass is 10.1. The molecule has 1 aromatic heterocycles. The number of rotatable bonds is 3. The molecule has 0 fully saturated rings. The summed E-state index contributed by atoms with van der Waals surface area (Å²) in [6.45, 7) is 15.7. The molecule has 0 N–H and O–H groups in total. The molecule has 1 rings (SSSR count). The molecule has 0 radical (unpaired) electrons. The molecule has 1 heterocycles. The second kappa shape index (κ2) is 6.19. The van der Waals surface area contributed by atoms with Crippen LogP contribution in [0, 0.1) is 0 Å². The van der Waals surface area contributed by atoms with Crippen molar-refractivity contribution in [3.8, 4) is 0 Å². The summed E-state index contributed by atoms with van der Waals surface area (Å²) in [5.41, 5.74) is 2.12. The van der Waals surface area contributed by atoms with Crippen molar-refractivity contribution in [3.05, 3.63) is 30.9 Å². The van der Waals surface area contributed by atoms with Gasteiger partial charge >= 0.3 is 0 Å². The van der Waals surface area contributed by atoms with Crippen LogP contribution in [0.5, 0.6) is 0 Å². The third-order valence-electron chi connectivity index (χ3n) is 1.80. The smallest absolute Gasteiger partial charge is 0.0995 e. The Morgan fingerprint density at radius 2 is 1.93 bits per heavy atom. The summed E-state index contributed by atoms with van der Waals surface area (Å²) in [7, 11) is 0. The zero-order chi connectivity index (χ0) is 11.1. The predicted molar refractivity (Wildman–Crippen MR) is 64.1 cm³/mol. The molecule has 0 aliphatic rings. The minimum atomic E-state index is 0.430. The Kier molecular flexibility index (Phi) is 5.61. The van der Waals surface area contributed by atoms with E-state index in [1.165, 1.54) is 0 Å². The van der Waals surface area contributed by atoms with E-state index in [1.807, 2.05) is 24.5 Å². The fourth-order valence-corrected chi connectivity index (χ4v) is 1.19. The molecule has 0 aliphatic carbocycles. The van der Waals surface area contributed by atoms with Gasteiger partial charge in [-0.2, -0.15) is 0 Å². The highest BCUT2D eigenvalue weighted by Crippen LogP contribution is 2.18. The number of nitrogens with zero attached hydrogens (tertiary/aromatic N) is 2. The van der Waals surface area contributed by atoms with Crippen LogP contribution in [0.2, 0.25) is 0 Å². The average molecular weight is 192 g/mol. The first-order chi connectivity index (χ1) is 6.70. The molecule has 0 saturated carbocycles. The van der Waals surface area contributed by atoms with E-state index in [4.69, 9.17) is 0 Å². The molecule has 0 atom stereocenters. The first kappa shape index (κ1) is 12.7. The topological polar surface area (TPSA) is 17.8 Å². The molecule has 0 aliphatic heterocycles. The molecule has 2 nitrogen and oxygen atoms in total. The molecule has 0 aromatic carbocycles. The molecule has 78 valence electrons. The molecule has 0 bridgehead atoms. The molecule has 0 spiro atoms. The highest BCUT2D eigenvalue weighted by Gasteiger charge is 2.08. The summed E-state index contributed by atoms with van der Waals surface area (Å²) < 4.78 is 1.88. The van der Waals surface area contributed by atoms with Crippen molar-refractivity contribution in [3.63, 3.8) is 0 Å². The highest BCUT2D eigenvalue weighted by molar-refractivity contribution is 5.50. The summed E-state index contributed by atoms with van der Waals surface area (Å²) in [6.07, 6.45) is 5.30. The first-order valence-corrected chi connectivity index (χ1v) is 5.02. The summed E-state index contributed by atoms with van der Waals surface area (Å²) in [5, 5.41) is 0. The van der Waals surface area contributed by atoms with Gasteiger partial charge in [0.05, 0.1) is 17.7 Å². The lowest BCUT2D eigenvalue weighted by Gasteiger charge is -2.03. The van der Waals surface area contributed by atoms with Crippen LogP contribution in [0.15, 0.2) is 19.5 Å². The van der Waals surface area contributed by atoms with E-state index in [1.54, 1.807) is 12.5 Å². The van der Waals surface area contributed by atoms with Crippen molar-refractivity contribution in [1.82, 2.24) is 9.55 Å². The van der Waals surface area contributed by atoms with E-state index in [0.717, 1.165) is 11.4 Å². The Labute approximate surface area is 87.0 Å². The highest BCUT2D eigenvalue weighted by atomic mass is 15.0. The van der Waals surface area contributed by atoms with E-state index < -0.39 is 0 Å². The fourth-order valence-electron chi connectivity index (χ4n) is 1.19. The summed E-state index contributed by atoms with van der Waals surface area (Å²) >= 11 is 0. The normalized spacial score (nSPS) is 9.21. The van der Waals surface area contributed by atoms with Gasteiger partial charge in [-0.15, -0.1) is 0 Å². The van der Waals surface area contributed by atoms with Crippen molar-refractivity contribution in [2.24, 2.45) is 0 Å².